The van der Waals surface area contributed by atoms with Gasteiger partial charge in [0.1, 0.15) is 17.8 Å². The third-order valence-corrected chi connectivity index (χ3v) is 3.74. The van der Waals surface area contributed by atoms with Crippen molar-refractivity contribution in [2.45, 2.75) is 31.6 Å². The zero-order chi connectivity index (χ0) is 15.9. The van der Waals surface area contributed by atoms with Gasteiger partial charge in [0.05, 0.1) is 0 Å². The highest BCUT2D eigenvalue weighted by Gasteiger charge is 2.20. The molecule has 0 aliphatic heterocycles. The van der Waals surface area contributed by atoms with E-state index in [2.05, 4.69) is 10.6 Å². The van der Waals surface area contributed by atoms with Gasteiger partial charge < -0.3 is 11.1 Å². The van der Waals surface area contributed by atoms with Crippen molar-refractivity contribution in [1.29, 1.82) is 10.5 Å². The molecule has 6 heteroatoms. The lowest BCUT2D eigenvalue weighted by Crippen LogP contribution is -2.30. The number of nitrogens with two attached hydrogens (primary N) is 1. The molecule has 112 valence electrons. The normalized spacial score (nSPS) is 15.4. The van der Waals surface area contributed by atoms with Gasteiger partial charge in [-0.05, 0) is 30.4 Å². The van der Waals surface area contributed by atoms with Gasteiger partial charge in [0.25, 0.3) is 0 Å². The number of rotatable bonds is 3. The fourth-order valence-corrected chi connectivity index (χ4v) is 2.68. The Hall–Kier alpha value is -2.99. The molecule has 1 saturated carbocycles. The first-order valence-electron chi connectivity index (χ1n) is 7.12. The number of carbonyl (C=O) groups is 1. The van der Waals surface area contributed by atoms with Crippen LogP contribution < -0.4 is 16.4 Å². The summed E-state index contributed by atoms with van der Waals surface area (Å²) in [6.45, 7) is 0. The molecule has 22 heavy (non-hydrogen) atoms. The Kier molecular flexibility index (Phi) is 5.00. The monoisotopic (exact) mass is 295 g/mol. The van der Waals surface area contributed by atoms with Crippen LogP contribution in [-0.4, -0.2) is 6.03 Å². The molecule has 6 nitrogen and oxygen atoms in total. The van der Waals surface area contributed by atoms with Crippen molar-refractivity contribution in [2.75, 3.05) is 5.32 Å². The first kappa shape index (κ1) is 15.4. The van der Waals surface area contributed by atoms with Crippen molar-refractivity contribution >= 4 is 11.7 Å². The molecule has 1 aromatic carbocycles. The molecule has 2 rings (SSSR count). The van der Waals surface area contributed by atoms with Gasteiger partial charge >= 0.3 is 6.03 Å². The topological polar surface area (TPSA) is 115 Å². The highest BCUT2D eigenvalue weighted by atomic mass is 16.2. The number of nitrogens with zero attached hydrogens (tertiary/aromatic N) is 2. The van der Waals surface area contributed by atoms with Gasteiger partial charge in [-0.15, -0.1) is 0 Å². The summed E-state index contributed by atoms with van der Waals surface area (Å²) < 4.78 is 0. The number of carbonyl (C=O) groups excluding carboxylic acids is 1. The molecule has 0 atom stereocenters. The first-order chi connectivity index (χ1) is 10.7. The highest BCUT2D eigenvalue weighted by molar-refractivity contribution is 5.91. The summed E-state index contributed by atoms with van der Waals surface area (Å²) in [5.74, 6) is 0.451. The van der Waals surface area contributed by atoms with E-state index in [1.807, 2.05) is 24.3 Å². The average Bonchev–Trinajstić information content (AvgIpc) is 3.06. The Bertz CT molecular complexity index is 675. The van der Waals surface area contributed by atoms with E-state index in [0.29, 0.717) is 5.92 Å². The van der Waals surface area contributed by atoms with Gasteiger partial charge in [0.15, 0.2) is 5.70 Å². The van der Waals surface area contributed by atoms with Gasteiger partial charge in [-0.2, -0.15) is 10.5 Å². The minimum absolute atomic E-state index is 0.252. The first-order valence-corrected chi connectivity index (χ1v) is 7.12. The Morgan fingerprint density at radius 2 is 1.86 bits per heavy atom. The summed E-state index contributed by atoms with van der Waals surface area (Å²) in [4.78, 5) is 12.0. The van der Waals surface area contributed by atoms with Crippen LogP contribution >= 0.6 is 0 Å². The minimum Gasteiger partial charge on any atom is -0.388 e. The molecule has 1 aromatic rings. The second-order valence-electron chi connectivity index (χ2n) is 5.16. The molecule has 0 radical (unpaired) electrons. The Morgan fingerprint density at radius 1 is 1.18 bits per heavy atom. The lowest BCUT2D eigenvalue weighted by Gasteiger charge is -2.16. The Balaban J connectivity index is 2.13. The SMILES string of the molecule is N#CC(N)=C(C#N)NC(=O)Nc1ccccc1C1CCCC1. The summed E-state index contributed by atoms with van der Waals surface area (Å²) in [6, 6.07) is 10.4. The van der Waals surface area contributed by atoms with E-state index in [4.69, 9.17) is 16.3 Å². The van der Waals surface area contributed by atoms with Crippen LogP contribution in [0.1, 0.15) is 37.2 Å². The molecule has 0 saturated heterocycles. The average molecular weight is 295 g/mol. The van der Waals surface area contributed by atoms with E-state index in [9.17, 15) is 4.79 Å². The molecular weight excluding hydrogens is 278 g/mol. The predicted octanol–water partition coefficient (Wildman–Crippen LogP) is 2.68. The van der Waals surface area contributed by atoms with Crippen LogP contribution in [0.15, 0.2) is 35.7 Å². The molecule has 0 bridgehead atoms. The molecule has 0 aromatic heterocycles. The van der Waals surface area contributed by atoms with Gasteiger partial charge in [-0.25, -0.2) is 4.79 Å². The molecule has 0 unspecified atom stereocenters. The molecule has 1 aliphatic rings. The van der Waals surface area contributed by atoms with Gasteiger partial charge in [0, 0.05) is 5.69 Å². The zero-order valence-corrected chi connectivity index (χ0v) is 12.1. The standard InChI is InChI=1S/C16H17N5O/c17-9-13(19)15(10-18)21-16(22)20-14-8-4-3-7-12(14)11-5-1-2-6-11/h3-4,7-8,11H,1-2,5-6,19H2,(H2,20,21,22). The predicted molar refractivity (Wildman–Crippen MR) is 82.2 cm³/mol. The maximum atomic E-state index is 12.0. The van der Waals surface area contributed by atoms with Crippen LogP contribution in [-0.2, 0) is 0 Å². The molecule has 4 N–H and O–H groups in total. The summed E-state index contributed by atoms with van der Waals surface area (Å²) in [5.41, 5.74) is 6.61. The van der Waals surface area contributed by atoms with E-state index in [1.54, 1.807) is 12.1 Å². The fourth-order valence-electron chi connectivity index (χ4n) is 2.68. The van der Waals surface area contributed by atoms with Crippen LogP contribution in [0.3, 0.4) is 0 Å². The van der Waals surface area contributed by atoms with Crippen LogP contribution in [0.4, 0.5) is 10.5 Å². The summed E-state index contributed by atoms with van der Waals surface area (Å²) >= 11 is 0. The minimum atomic E-state index is -0.583. The third kappa shape index (κ3) is 3.56. The van der Waals surface area contributed by atoms with Crippen LogP contribution in [0, 0.1) is 22.7 Å². The van der Waals surface area contributed by atoms with Crippen LogP contribution in [0.25, 0.3) is 0 Å². The largest absolute Gasteiger partial charge is 0.388 e. The molecule has 0 spiro atoms. The number of hydrogen-bond acceptors (Lipinski definition) is 4. The van der Waals surface area contributed by atoms with E-state index >= 15 is 0 Å². The number of nitriles is 2. The smallest absolute Gasteiger partial charge is 0.324 e. The summed E-state index contributed by atoms with van der Waals surface area (Å²) in [6.07, 6.45) is 4.63. The van der Waals surface area contributed by atoms with Gasteiger partial charge in [0.2, 0.25) is 0 Å². The van der Waals surface area contributed by atoms with E-state index in [-0.39, 0.29) is 11.4 Å². The van der Waals surface area contributed by atoms with E-state index in [0.717, 1.165) is 24.1 Å². The number of para-hydroxylation sites is 1. The van der Waals surface area contributed by atoms with Crippen molar-refractivity contribution in [3.8, 4) is 12.1 Å². The van der Waals surface area contributed by atoms with Gasteiger partial charge in [-0.1, -0.05) is 31.0 Å². The zero-order valence-electron chi connectivity index (χ0n) is 12.1. The summed E-state index contributed by atoms with van der Waals surface area (Å²) in [7, 11) is 0. The highest BCUT2D eigenvalue weighted by Crippen LogP contribution is 2.37. The van der Waals surface area contributed by atoms with Crippen molar-refractivity contribution < 1.29 is 4.79 Å². The van der Waals surface area contributed by atoms with Crippen LogP contribution in [0.5, 0.6) is 0 Å². The number of hydrogen-bond donors (Lipinski definition) is 3. The van der Waals surface area contributed by atoms with Crippen molar-refractivity contribution in [2.24, 2.45) is 5.73 Å². The second kappa shape index (κ2) is 7.14. The lowest BCUT2D eigenvalue weighted by atomic mass is 9.96. The quantitative estimate of drug-likeness (QED) is 0.743. The number of nitrogens with one attached hydrogen (secondary N) is 2. The molecule has 1 fully saturated rings. The fraction of sp³-hybridized carbons (Fsp3) is 0.312. The lowest BCUT2D eigenvalue weighted by molar-refractivity contribution is 0.254. The van der Waals surface area contributed by atoms with Crippen molar-refractivity contribution in [3.63, 3.8) is 0 Å². The Morgan fingerprint density at radius 3 is 2.50 bits per heavy atom. The number of anilines is 1. The molecule has 0 heterocycles. The second-order valence-corrected chi connectivity index (χ2v) is 5.16. The molecular formula is C16H17N5O. The number of urea groups is 1. The van der Waals surface area contributed by atoms with Gasteiger partial charge in [-0.3, -0.25) is 5.32 Å². The maximum absolute atomic E-state index is 12.0. The van der Waals surface area contributed by atoms with Crippen molar-refractivity contribution in [1.82, 2.24) is 5.32 Å². The maximum Gasteiger partial charge on any atom is 0.324 e. The summed E-state index contributed by atoms with van der Waals surface area (Å²) in [5, 5.41) is 22.6. The van der Waals surface area contributed by atoms with E-state index in [1.165, 1.54) is 12.8 Å². The Labute approximate surface area is 129 Å². The number of allylic oxidation sites excluding steroid dienone is 2. The van der Waals surface area contributed by atoms with Crippen molar-refractivity contribution in [3.05, 3.63) is 41.2 Å². The van der Waals surface area contributed by atoms with Crippen LogP contribution in [0.2, 0.25) is 0 Å². The number of benzene rings is 1. The molecule has 1 aliphatic carbocycles. The number of amides is 2. The van der Waals surface area contributed by atoms with E-state index < -0.39 is 6.03 Å². The third-order valence-electron chi connectivity index (χ3n) is 3.74. The molecule has 2 amide bonds.